The molecule has 0 saturated carbocycles. The van der Waals surface area contributed by atoms with Crippen LogP contribution < -0.4 is 14.4 Å². The van der Waals surface area contributed by atoms with Crippen molar-refractivity contribution in [3.8, 4) is 5.75 Å². The summed E-state index contributed by atoms with van der Waals surface area (Å²) in [7, 11) is -3.56. The van der Waals surface area contributed by atoms with Crippen LogP contribution in [0.3, 0.4) is 0 Å². The van der Waals surface area contributed by atoms with Gasteiger partial charge in [0.15, 0.2) is 0 Å². The molecule has 7 heteroatoms. The Balaban J connectivity index is 1.71. The lowest BCUT2D eigenvalue weighted by Crippen LogP contribution is -2.24. The van der Waals surface area contributed by atoms with Gasteiger partial charge in [-0.3, -0.25) is 4.79 Å². The van der Waals surface area contributed by atoms with Gasteiger partial charge in [0.1, 0.15) is 5.75 Å². The highest BCUT2D eigenvalue weighted by Gasteiger charge is 2.23. The van der Waals surface area contributed by atoms with E-state index in [1.54, 1.807) is 13.0 Å². The Hall–Kier alpha value is -2.38. The van der Waals surface area contributed by atoms with Gasteiger partial charge in [-0.2, -0.15) is 0 Å². The number of esters is 1. The van der Waals surface area contributed by atoms with Gasteiger partial charge >= 0.3 is 5.97 Å². The highest BCUT2D eigenvalue weighted by atomic mass is 32.2. The molecule has 31 heavy (non-hydrogen) atoms. The minimum absolute atomic E-state index is 0.169. The predicted octanol–water partition coefficient (Wildman–Crippen LogP) is 4.38. The Labute approximate surface area is 185 Å². The summed E-state index contributed by atoms with van der Waals surface area (Å²) in [6.45, 7) is 8.15. The summed E-state index contributed by atoms with van der Waals surface area (Å²) in [4.78, 5) is 15.4. The first-order valence-corrected chi connectivity index (χ1v) is 12.5. The molecule has 0 radical (unpaired) electrons. The van der Waals surface area contributed by atoms with Gasteiger partial charge in [0, 0.05) is 25.3 Å². The molecule has 0 bridgehead atoms. The quantitative estimate of drug-likeness (QED) is 0.459. The van der Waals surface area contributed by atoms with Crippen molar-refractivity contribution in [2.45, 2.75) is 57.3 Å². The van der Waals surface area contributed by atoms with Gasteiger partial charge < -0.3 is 9.64 Å². The third kappa shape index (κ3) is 5.66. The molecular formula is C24H32N2O4S. The maximum atomic E-state index is 12.9. The highest BCUT2D eigenvalue weighted by Crippen LogP contribution is 2.28. The number of sulfonamides is 1. The molecule has 1 saturated heterocycles. The molecule has 1 atom stereocenters. The SMILES string of the molecule is CCCNS(=O)(=O)c1ccc(OC(=O)[C@H](CC)c2ccc(N3CCCC3)cc2)c(C)c1. The van der Waals surface area contributed by atoms with E-state index in [1.165, 1.54) is 30.7 Å². The number of nitrogens with zero attached hydrogens (tertiary/aromatic N) is 1. The third-order valence-corrected chi connectivity index (χ3v) is 7.13. The number of hydrogen-bond acceptors (Lipinski definition) is 5. The second-order valence-corrected chi connectivity index (χ2v) is 9.76. The Morgan fingerprint density at radius 3 is 2.35 bits per heavy atom. The van der Waals surface area contributed by atoms with Crippen molar-refractivity contribution in [2.24, 2.45) is 0 Å². The van der Waals surface area contributed by atoms with Crippen molar-refractivity contribution in [2.75, 3.05) is 24.5 Å². The summed E-state index contributed by atoms with van der Waals surface area (Å²) >= 11 is 0. The van der Waals surface area contributed by atoms with Crippen molar-refractivity contribution in [1.82, 2.24) is 4.72 Å². The molecule has 1 N–H and O–H groups in total. The maximum absolute atomic E-state index is 12.9. The van der Waals surface area contributed by atoms with E-state index in [4.69, 9.17) is 4.74 Å². The van der Waals surface area contributed by atoms with E-state index in [9.17, 15) is 13.2 Å². The summed E-state index contributed by atoms with van der Waals surface area (Å²) < 4.78 is 32.8. The normalized spacial score (nSPS) is 15.1. The van der Waals surface area contributed by atoms with Crippen molar-refractivity contribution in [3.63, 3.8) is 0 Å². The van der Waals surface area contributed by atoms with E-state index >= 15 is 0 Å². The molecule has 1 fully saturated rings. The van der Waals surface area contributed by atoms with Crippen molar-refractivity contribution in [1.29, 1.82) is 0 Å². The fourth-order valence-corrected chi connectivity index (χ4v) is 5.05. The van der Waals surface area contributed by atoms with E-state index in [1.807, 2.05) is 26.0 Å². The fraction of sp³-hybridized carbons (Fsp3) is 0.458. The van der Waals surface area contributed by atoms with Crippen LogP contribution >= 0.6 is 0 Å². The molecule has 1 heterocycles. The van der Waals surface area contributed by atoms with Crippen molar-refractivity contribution >= 4 is 21.7 Å². The summed E-state index contributed by atoms with van der Waals surface area (Å²) in [6, 6.07) is 12.7. The monoisotopic (exact) mass is 444 g/mol. The molecule has 168 valence electrons. The van der Waals surface area contributed by atoms with Gasteiger partial charge in [-0.15, -0.1) is 0 Å². The third-order valence-electron chi connectivity index (χ3n) is 5.67. The smallest absolute Gasteiger partial charge is 0.318 e. The Morgan fingerprint density at radius 2 is 1.77 bits per heavy atom. The van der Waals surface area contributed by atoms with Crippen LogP contribution in [0.15, 0.2) is 47.4 Å². The zero-order valence-electron chi connectivity index (χ0n) is 18.6. The molecule has 0 aromatic heterocycles. The van der Waals surface area contributed by atoms with Gasteiger partial charge in [-0.25, -0.2) is 13.1 Å². The summed E-state index contributed by atoms with van der Waals surface area (Å²) in [6.07, 6.45) is 3.78. The Kier molecular flexibility index (Phi) is 7.73. The number of aryl methyl sites for hydroxylation is 1. The van der Waals surface area contributed by atoms with Crippen LogP contribution in [0.2, 0.25) is 0 Å². The van der Waals surface area contributed by atoms with Crippen LogP contribution in [0.5, 0.6) is 5.75 Å². The van der Waals surface area contributed by atoms with Gasteiger partial charge in [0.25, 0.3) is 0 Å². The lowest BCUT2D eigenvalue weighted by atomic mass is 9.96. The van der Waals surface area contributed by atoms with Crippen molar-refractivity contribution < 1.29 is 17.9 Å². The number of anilines is 1. The Morgan fingerprint density at radius 1 is 1.10 bits per heavy atom. The van der Waals surface area contributed by atoms with Crippen LogP contribution in [-0.4, -0.2) is 34.0 Å². The molecule has 2 aromatic rings. The van der Waals surface area contributed by atoms with Crippen LogP contribution in [0, 0.1) is 6.92 Å². The van der Waals surface area contributed by atoms with E-state index < -0.39 is 10.0 Å². The molecule has 6 nitrogen and oxygen atoms in total. The Bertz CT molecular complexity index is 997. The molecule has 1 aliphatic heterocycles. The van der Waals surface area contributed by atoms with E-state index in [0.717, 1.165) is 18.7 Å². The van der Waals surface area contributed by atoms with Crippen LogP contribution in [-0.2, 0) is 14.8 Å². The lowest BCUT2D eigenvalue weighted by Gasteiger charge is -2.20. The second kappa shape index (κ2) is 10.3. The van der Waals surface area contributed by atoms with Gasteiger partial charge in [0.2, 0.25) is 10.0 Å². The first-order valence-electron chi connectivity index (χ1n) is 11.0. The number of carbonyl (C=O) groups is 1. The van der Waals surface area contributed by atoms with E-state index in [-0.39, 0.29) is 16.8 Å². The van der Waals surface area contributed by atoms with Crippen LogP contribution in [0.4, 0.5) is 5.69 Å². The zero-order chi connectivity index (χ0) is 22.4. The predicted molar refractivity (Wildman–Crippen MR) is 123 cm³/mol. The first-order chi connectivity index (χ1) is 14.9. The number of ether oxygens (including phenoxy) is 1. The molecule has 0 spiro atoms. The van der Waals surface area contributed by atoms with E-state index in [2.05, 4.69) is 21.8 Å². The number of rotatable bonds is 9. The van der Waals surface area contributed by atoms with Gasteiger partial charge in [-0.1, -0.05) is 26.0 Å². The number of nitrogens with one attached hydrogen (secondary N) is 1. The molecule has 2 aromatic carbocycles. The van der Waals surface area contributed by atoms with E-state index in [0.29, 0.717) is 30.7 Å². The summed E-state index contributed by atoms with van der Waals surface area (Å²) in [5, 5.41) is 0. The summed E-state index contributed by atoms with van der Waals surface area (Å²) in [5.74, 6) is -0.326. The molecular weight excluding hydrogens is 412 g/mol. The molecule has 0 amide bonds. The maximum Gasteiger partial charge on any atom is 0.318 e. The number of hydrogen-bond donors (Lipinski definition) is 1. The fourth-order valence-electron chi connectivity index (χ4n) is 3.83. The van der Waals surface area contributed by atoms with Crippen LogP contribution in [0.25, 0.3) is 0 Å². The summed E-state index contributed by atoms with van der Waals surface area (Å²) in [5.41, 5.74) is 2.72. The topological polar surface area (TPSA) is 75.7 Å². The molecule has 0 aliphatic carbocycles. The second-order valence-electron chi connectivity index (χ2n) is 7.99. The molecule has 1 aliphatic rings. The van der Waals surface area contributed by atoms with Gasteiger partial charge in [0.05, 0.1) is 10.8 Å². The lowest BCUT2D eigenvalue weighted by molar-refractivity contribution is -0.136. The highest BCUT2D eigenvalue weighted by molar-refractivity contribution is 7.89. The number of carbonyl (C=O) groups excluding carboxylic acids is 1. The standard InChI is InChI=1S/C24H32N2O4S/c1-4-14-25-31(28,29)21-12-13-23(18(3)17-21)30-24(27)22(5-2)19-8-10-20(11-9-19)26-15-6-7-16-26/h8-13,17,22,25H,4-7,14-16H2,1-3H3/t22-/m1/s1. The van der Waals surface area contributed by atoms with Crippen molar-refractivity contribution in [3.05, 3.63) is 53.6 Å². The minimum atomic E-state index is -3.56. The number of benzene rings is 2. The average molecular weight is 445 g/mol. The van der Waals surface area contributed by atoms with Gasteiger partial charge in [-0.05, 0) is 74.1 Å². The minimum Gasteiger partial charge on any atom is -0.426 e. The average Bonchev–Trinajstić information content (AvgIpc) is 3.29. The molecule has 3 rings (SSSR count). The largest absolute Gasteiger partial charge is 0.426 e. The van der Waals surface area contributed by atoms with Crippen LogP contribution in [0.1, 0.15) is 56.6 Å². The first kappa shape index (κ1) is 23.3. The zero-order valence-corrected chi connectivity index (χ0v) is 19.4. The molecule has 0 unspecified atom stereocenters.